The third-order valence-corrected chi connectivity index (χ3v) is 8.95. The van der Waals surface area contributed by atoms with Crippen LogP contribution in [0.25, 0.3) is 11.4 Å². The monoisotopic (exact) mass is 613 g/mol. The number of aliphatic hydroxyl groups is 1. The highest BCUT2D eigenvalue weighted by molar-refractivity contribution is 8.00. The molecule has 4 heterocycles. The number of hydrogen-bond acceptors (Lipinski definition) is 9. The number of aryl methyl sites for hydroxylation is 1. The molecule has 1 aliphatic rings. The van der Waals surface area contributed by atoms with Crippen LogP contribution in [-0.4, -0.2) is 43.0 Å². The number of fused-ring (bicyclic) bond motifs is 1. The Bertz CT molecular complexity index is 1900. The second-order valence-electron chi connectivity index (χ2n) is 9.54. The Labute approximate surface area is 254 Å². The number of nitrogens with zero attached hydrogens (tertiary/aromatic N) is 5. The van der Waals surface area contributed by atoms with Crippen molar-refractivity contribution in [3.05, 3.63) is 119 Å². The Morgan fingerprint density at radius 1 is 1.12 bits per heavy atom. The number of anilines is 1. The summed E-state index contributed by atoms with van der Waals surface area (Å²) in [6.07, 6.45) is 3.35. The number of aliphatic hydroxyl groups excluding tert-OH is 1. The molecule has 0 spiro atoms. The topological polar surface area (TPSA) is 110 Å². The summed E-state index contributed by atoms with van der Waals surface area (Å²) in [5.74, 6) is -1.52. The maximum atomic E-state index is 14.1. The van der Waals surface area contributed by atoms with E-state index in [1.807, 2.05) is 6.07 Å². The lowest BCUT2D eigenvalue weighted by Gasteiger charge is -2.22. The average Bonchev–Trinajstić information content (AvgIpc) is 3.69. The fraction of sp³-hybridized carbons (Fsp3) is 0.129. The fourth-order valence-electron chi connectivity index (χ4n) is 4.89. The smallest absolute Gasteiger partial charge is 0.301 e. The number of hydrogen-bond donors (Lipinski definition) is 1. The van der Waals surface area contributed by atoms with Gasteiger partial charge in [0.1, 0.15) is 29.5 Å². The van der Waals surface area contributed by atoms with Gasteiger partial charge in [0.05, 0.1) is 17.3 Å². The number of imidazole rings is 1. The summed E-state index contributed by atoms with van der Waals surface area (Å²) in [6.45, 7) is 5.69. The van der Waals surface area contributed by atoms with Crippen molar-refractivity contribution in [2.24, 2.45) is 0 Å². The Kier molecular flexibility index (Phi) is 7.78. The summed E-state index contributed by atoms with van der Waals surface area (Å²) in [4.78, 5) is 33.0. The zero-order valence-electron chi connectivity index (χ0n) is 22.8. The molecule has 0 saturated carbocycles. The van der Waals surface area contributed by atoms with Crippen molar-refractivity contribution in [3.63, 3.8) is 0 Å². The summed E-state index contributed by atoms with van der Waals surface area (Å²) < 4.78 is 21.9. The lowest BCUT2D eigenvalue weighted by Crippen LogP contribution is -2.29. The van der Waals surface area contributed by atoms with Gasteiger partial charge in [0, 0.05) is 11.9 Å². The molecule has 1 unspecified atom stereocenters. The predicted molar refractivity (Wildman–Crippen MR) is 163 cm³/mol. The van der Waals surface area contributed by atoms with Gasteiger partial charge in [-0.1, -0.05) is 72.2 Å². The number of pyridine rings is 1. The van der Waals surface area contributed by atoms with Crippen LogP contribution in [0.2, 0.25) is 0 Å². The van der Waals surface area contributed by atoms with E-state index in [1.54, 1.807) is 78.2 Å². The normalized spacial score (nSPS) is 16.2. The van der Waals surface area contributed by atoms with E-state index in [9.17, 15) is 19.1 Å². The summed E-state index contributed by atoms with van der Waals surface area (Å²) in [7, 11) is 0. The molecule has 9 nitrogen and oxygen atoms in total. The molecule has 216 valence electrons. The highest BCUT2D eigenvalue weighted by Gasteiger charge is 2.49. The molecule has 0 radical (unpaired) electrons. The third kappa shape index (κ3) is 5.30. The number of thioether (sulfide) groups is 1. The molecule has 43 heavy (non-hydrogen) atoms. The van der Waals surface area contributed by atoms with Crippen molar-refractivity contribution < 1.29 is 23.8 Å². The molecule has 3 aromatic heterocycles. The second kappa shape index (κ2) is 11.8. The molecule has 0 bridgehead atoms. The Morgan fingerprint density at radius 3 is 2.65 bits per heavy atom. The summed E-state index contributed by atoms with van der Waals surface area (Å²) >= 11 is 2.37. The number of ether oxygens (including phenoxy) is 1. The van der Waals surface area contributed by atoms with Crippen LogP contribution in [0.4, 0.5) is 9.52 Å². The molecular weight excluding hydrogens is 590 g/mol. The predicted octanol–water partition coefficient (Wildman–Crippen LogP) is 6.12. The second-order valence-corrected chi connectivity index (χ2v) is 11.7. The zero-order chi connectivity index (χ0) is 30.1. The number of aromatic nitrogens is 4. The lowest BCUT2D eigenvalue weighted by atomic mass is 9.96. The minimum Gasteiger partial charge on any atom is -0.505 e. The van der Waals surface area contributed by atoms with E-state index in [2.05, 4.69) is 21.8 Å². The number of rotatable bonds is 9. The number of ketones is 1. The molecule has 12 heteroatoms. The molecule has 6 rings (SSSR count). The summed E-state index contributed by atoms with van der Waals surface area (Å²) in [5, 5.41) is 20.3. The molecule has 1 atom stereocenters. The Morgan fingerprint density at radius 2 is 1.88 bits per heavy atom. The first kappa shape index (κ1) is 28.3. The Balaban J connectivity index is 1.43. The average molecular weight is 614 g/mol. The minimum atomic E-state index is -1.01. The number of carbonyl (C=O) groups is 2. The molecule has 5 aromatic rings. The maximum Gasteiger partial charge on any atom is 0.301 e. The minimum absolute atomic E-state index is 0.103. The van der Waals surface area contributed by atoms with Crippen LogP contribution in [-0.2, 0) is 15.3 Å². The first-order valence-electron chi connectivity index (χ1n) is 13.2. The lowest BCUT2D eigenvalue weighted by molar-refractivity contribution is -0.132. The van der Waals surface area contributed by atoms with Crippen molar-refractivity contribution in [1.29, 1.82) is 0 Å². The van der Waals surface area contributed by atoms with Gasteiger partial charge in [-0.05, 0) is 48.4 Å². The number of amides is 1. The van der Waals surface area contributed by atoms with Gasteiger partial charge >= 0.3 is 5.91 Å². The van der Waals surface area contributed by atoms with E-state index in [0.29, 0.717) is 50.6 Å². The largest absolute Gasteiger partial charge is 0.505 e. The molecule has 1 aliphatic heterocycles. The highest BCUT2D eigenvalue weighted by atomic mass is 32.2. The van der Waals surface area contributed by atoms with Gasteiger partial charge < -0.3 is 9.84 Å². The number of halogens is 1. The highest BCUT2D eigenvalue weighted by Crippen LogP contribution is 2.44. The van der Waals surface area contributed by atoms with Crippen molar-refractivity contribution >= 4 is 51.3 Å². The van der Waals surface area contributed by atoms with Crippen molar-refractivity contribution in [2.75, 3.05) is 11.5 Å². The van der Waals surface area contributed by atoms with Crippen molar-refractivity contribution in [1.82, 2.24) is 19.6 Å². The molecule has 1 saturated heterocycles. The van der Waals surface area contributed by atoms with Crippen molar-refractivity contribution in [3.8, 4) is 5.75 Å². The molecule has 1 amide bonds. The number of carbonyl (C=O) groups excluding carboxylic acids is 2. The molecule has 0 aliphatic carbocycles. The summed E-state index contributed by atoms with van der Waals surface area (Å²) in [6, 6.07) is 17.7. The van der Waals surface area contributed by atoms with E-state index in [4.69, 9.17) is 4.74 Å². The van der Waals surface area contributed by atoms with Gasteiger partial charge in [0.2, 0.25) is 5.13 Å². The van der Waals surface area contributed by atoms with Gasteiger partial charge in [-0.15, -0.1) is 10.2 Å². The van der Waals surface area contributed by atoms with Crippen molar-refractivity contribution in [2.45, 2.75) is 23.1 Å². The summed E-state index contributed by atoms with van der Waals surface area (Å²) in [5.41, 5.74) is 2.33. The van der Waals surface area contributed by atoms with E-state index < -0.39 is 17.7 Å². The molecular formula is C31H24FN5O4S2. The van der Waals surface area contributed by atoms with Crippen LogP contribution in [0.15, 0.2) is 95.5 Å². The molecule has 2 aromatic carbocycles. The van der Waals surface area contributed by atoms with E-state index in [-0.39, 0.29) is 22.3 Å². The number of benzene rings is 2. The standard InChI is InChI=1S/C31H24FN5O4S2/c1-3-16-41-21-13-11-19(12-14-21)26-24(27(38)25-18(2)33-23-10-6-7-15-36(23)25)28(39)29(40)37(26)30-34-35-31(43-30)42-17-20-8-4-5-9-22(20)32/h3-15,26,38H,1,16-17H2,2H3/b27-24+. The first-order valence-corrected chi connectivity index (χ1v) is 15.0. The molecule has 1 N–H and O–H groups in total. The van der Waals surface area contributed by atoms with Crippen LogP contribution >= 0.6 is 23.1 Å². The van der Waals surface area contributed by atoms with Crippen LogP contribution < -0.4 is 9.64 Å². The maximum absolute atomic E-state index is 14.1. The molecule has 1 fully saturated rings. The van der Waals surface area contributed by atoms with Crippen LogP contribution in [0.1, 0.15) is 28.6 Å². The third-order valence-electron chi connectivity index (χ3n) is 6.85. The van der Waals surface area contributed by atoms with Gasteiger partial charge in [0.15, 0.2) is 10.1 Å². The van der Waals surface area contributed by atoms with Crippen LogP contribution in [0.3, 0.4) is 0 Å². The fourth-order valence-corrected chi connectivity index (χ4v) is 6.74. The zero-order valence-corrected chi connectivity index (χ0v) is 24.4. The van der Waals surface area contributed by atoms with Gasteiger partial charge in [0.25, 0.3) is 5.78 Å². The number of Topliss-reactive ketones (excluding diaryl/α,β-unsaturated/α-hetero) is 1. The quantitative estimate of drug-likeness (QED) is 0.0529. The van der Waals surface area contributed by atoms with Gasteiger partial charge in [-0.2, -0.15) is 0 Å². The van der Waals surface area contributed by atoms with Gasteiger partial charge in [-0.25, -0.2) is 9.37 Å². The SMILES string of the molecule is C=CCOc1ccc(C2/C(=C(\O)c3c(C)nc4ccccn34)C(=O)C(=O)N2c2nnc(SCc3ccccc3F)s2)cc1. The van der Waals surface area contributed by atoms with E-state index in [1.165, 1.54) is 22.7 Å². The van der Waals surface area contributed by atoms with E-state index >= 15 is 0 Å². The van der Waals surface area contributed by atoms with E-state index in [0.717, 1.165) is 11.3 Å². The van der Waals surface area contributed by atoms with Crippen LogP contribution in [0, 0.1) is 12.7 Å². The van der Waals surface area contributed by atoms with Gasteiger partial charge in [-0.3, -0.25) is 18.9 Å². The van der Waals surface area contributed by atoms with Crippen LogP contribution in [0.5, 0.6) is 5.75 Å². The Hall–Kier alpha value is -4.81. The first-order chi connectivity index (χ1) is 20.9.